The lowest BCUT2D eigenvalue weighted by Crippen LogP contribution is -2.29. The van der Waals surface area contributed by atoms with Crippen LogP contribution in [0.4, 0.5) is 0 Å². The summed E-state index contributed by atoms with van der Waals surface area (Å²) in [5, 5.41) is 9.31. The Morgan fingerprint density at radius 1 is 0.500 bits per heavy atom. The van der Waals surface area contributed by atoms with Gasteiger partial charge < -0.3 is 10.0 Å². The van der Waals surface area contributed by atoms with E-state index in [1.807, 2.05) is 0 Å². The Morgan fingerprint density at radius 2 is 0.893 bits per heavy atom. The normalized spacial score (nSPS) is 11.9. The molecule has 2 nitrogen and oxygen atoms in total. The second-order valence-electron chi connectivity index (χ2n) is 8.56. The van der Waals surface area contributed by atoms with Crippen molar-refractivity contribution in [2.75, 3.05) is 26.2 Å². The smallest absolute Gasteiger partial charge is 0.0558 e. The molecule has 0 aromatic heterocycles. The fourth-order valence-corrected chi connectivity index (χ4v) is 3.82. The Hall–Kier alpha value is -0.340. The van der Waals surface area contributed by atoms with Crippen molar-refractivity contribution in [2.24, 2.45) is 0 Å². The lowest BCUT2D eigenvalue weighted by Gasteiger charge is -2.21. The summed E-state index contributed by atoms with van der Waals surface area (Å²) >= 11 is 0. The zero-order chi connectivity index (χ0) is 20.5. The highest BCUT2D eigenvalue weighted by Gasteiger charge is 2.03. The third-order valence-corrected chi connectivity index (χ3v) is 5.73. The van der Waals surface area contributed by atoms with Gasteiger partial charge in [-0.05, 0) is 51.6 Å². The number of hydrogen-bond acceptors (Lipinski definition) is 2. The Morgan fingerprint density at radius 3 is 1.39 bits per heavy atom. The Balaban J connectivity index is 3.47. The zero-order valence-corrected chi connectivity index (χ0v) is 19.6. The molecule has 0 unspecified atom stereocenters. The summed E-state index contributed by atoms with van der Waals surface area (Å²) in [6, 6.07) is 0. The first kappa shape index (κ1) is 27.7. The molecule has 0 aromatic carbocycles. The van der Waals surface area contributed by atoms with E-state index < -0.39 is 0 Å². The van der Waals surface area contributed by atoms with Crippen LogP contribution in [-0.2, 0) is 0 Å². The predicted octanol–water partition coefficient (Wildman–Crippen LogP) is 7.90. The van der Waals surface area contributed by atoms with Crippen LogP contribution < -0.4 is 0 Å². The summed E-state index contributed by atoms with van der Waals surface area (Å²) in [6.45, 7) is 8.05. The summed E-state index contributed by atoms with van der Waals surface area (Å²) in [5.74, 6) is 0. The first-order chi connectivity index (χ1) is 13.8. The maximum absolute atomic E-state index is 9.31. The minimum Gasteiger partial charge on any atom is -0.395 e. The fourth-order valence-electron chi connectivity index (χ4n) is 3.82. The van der Waals surface area contributed by atoms with E-state index in [9.17, 15) is 5.11 Å². The molecule has 0 aliphatic heterocycles. The fraction of sp³-hybridized carbons (Fsp3) is 0.923. The third kappa shape index (κ3) is 22.0. The second kappa shape index (κ2) is 24.7. The molecular weight excluding hydrogens is 342 g/mol. The molecule has 0 spiro atoms. The molecule has 0 fully saturated rings. The largest absolute Gasteiger partial charge is 0.395 e. The van der Waals surface area contributed by atoms with Gasteiger partial charge >= 0.3 is 0 Å². The molecule has 0 radical (unpaired) electrons. The van der Waals surface area contributed by atoms with Crippen LogP contribution in [0.15, 0.2) is 12.2 Å². The van der Waals surface area contributed by atoms with Crippen molar-refractivity contribution in [3.05, 3.63) is 12.2 Å². The first-order valence-electron chi connectivity index (χ1n) is 12.8. The van der Waals surface area contributed by atoms with Crippen molar-refractivity contribution in [1.82, 2.24) is 4.90 Å². The van der Waals surface area contributed by atoms with E-state index in [1.165, 1.54) is 122 Å². The quantitative estimate of drug-likeness (QED) is 0.140. The average Bonchev–Trinajstić information content (AvgIpc) is 2.70. The third-order valence-electron chi connectivity index (χ3n) is 5.73. The number of allylic oxidation sites excluding steroid dienone is 2. The van der Waals surface area contributed by atoms with Gasteiger partial charge in [0.25, 0.3) is 0 Å². The molecule has 1 N–H and O–H groups in total. The highest BCUT2D eigenvalue weighted by Crippen LogP contribution is 2.11. The molecule has 0 aliphatic carbocycles. The number of aliphatic hydroxyl groups is 1. The number of unbranched alkanes of at least 4 members (excludes halogenated alkanes) is 15. The van der Waals surface area contributed by atoms with Crippen LogP contribution in [0.2, 0.25) is 0 Å². The Kier molecular flexibility index (Phi) is 24.4. The maximum Gasteiger partial charge on any atom is 0.0558 e. The van der Waals surface area contributed by atoms with Crippen molar-refractivity contribution in [1.29, 1.82) is 0 Å². The molecule has 0 saturated carbocycles. The van der Waals surface area contributed by atoms with Gasteiger partial charge in [0.2, 0.25) is 0 Å². The first-order valence-corrected chi connectivity index (χ1v) is 12.8. The van der Waals surface area contributed by atoms with E-state index in [1.54, 1.807) is 0 Å². The average molecular weight is 396 g/mol. The van der Waals surface area contributed by atoms with Crippen LogP contribution in [0.1, 0.15) is 129 Å². The van der Waals surface area contributed by atoms with Crippen molar-refractivity contribution in [2.45, 2.75) is 129 Å². The van der Waals surface area contributed by atoms with Gasteiger partial charge in [0.15, 0.2) is 0 Å². The molecule has 168 valence electrons. The van der Waals surface area contributed by atoms with Crippen LogP contribution in [-0.4, -0.2) is 36.2 Å². The maximum atomic E-state index is 9.31. The Bertz CT molecular complexity index is 303. The molecule has 0 amide bonds. The van der Waals surface area contributed by atoms with E-state index in [2.05, 4.69) is 30.9 Å². The molecule has 0 aromatic rings. The minimum atomic E-state index is 0.304. The number of rotatable bonds is 23. The minimum absolute atomic E-state index is 0.304. The number of nitrogens with zero attached hydrogens (tertiary/aromatic N) is 1. The SMILES string of the molecule is CCCCCC=CCCCCCN(CCO)CCCCCCCCCCCC. The summed E-state index contributed by atoms with van der Waals surface area (Å²) in [6.07, 6.45) is 29.2. The van der Waals surface area contributed by atoms with Crippen LogP contribution in [0.5, 0.6) is 0 Å². The highest BCUT2D eigenvalue weighted by atomic mass is 16.3. The van der Waals surface area contributed by atoms with Gasteiger partial charge in [-0.15, -0.1) is 0 Å². The van der Waals surface area contributed by atoms with E-state index in [0.29, 0.717) is 6.61 Å². The lowest BCUT2D eigenvalue weighted by molar-refractivity contribution is 0.190. The Labute approximate surface area is 178 Å². The van der Waals surface area contributed by atoms with Crippen molar-refractivity contribution in [3.63, 3.8) is 0 Å². The number of hydrogen-bond donors (Lipinski definition) is 1. The molecule has 0 heterocycles. The monoisotopic (exact) mass is 395 g/mol. The molecule has 0 aliphatic rings. The standard InChI is InChI=1S/C26H53NO/c1-3-5-7-9-11-13-15-17-19-21-23-27(25-26-28)24-22-20-18-16-14-12-10-8-6-4-2/h11,13,28H,3-10,12,14-26H2,1-2H3. The highest BCUT2D eigenvalue weighted by molar-refractivity contribution is 4.81. The van der Waals surface area contributed by atoms with Crippen LogP contribution >= 0.6 is 0 Å². The van der Waals surface area contributed by atoms with Gasteiger partial charge in [0.05, 0.1) is 6.61 Å². The van der Waals surface area contributed by atoms with Gasteiger partial charge in [-0.2, -0.15) is 0 Å². The van der Waals surface area contributed by atoms with Gasteiger partial charge in [-0.3, -0.25) is 0 Å². The summed E-state index contributed by atoms with van der Waals surface area (Å²) in [5.41, 5.74) is 0. The van der Waals surface area contributed by atoms with Crippen LogP contribution in [0.25, 0.3) is 0 Å². The van der Waals surface area contributed by atoms with Gasteiger partial charge in [-0.1, -0.05) is 103 Å². The van der Waals surface area contributed by atoms with E-state index in [-0.39, 0.29) is 0 Å². The van der Waals surface area contributed by atoms with Crippen molar-refractivity contribution in [3.8, 4) is 0 Å². The number of aliphatic hydroxyl groups excluding tert-OH is 1. The van der Waals surface area contributed by atoms with E-state index >= 15 is 0 Å². The molecular formula is C26H53NO. The molecule has 0 rings (SSSR count). The van der Waals surface area contributed by atoms with Gasteiger partial charge in [-0.25, -0.2) is 0 Å². The summed E-state index contributed by atoms with van der Waals surface area (Å²) in [4.78, 5) is 2.48. The van der Waals surface area contributed by atoms with Crippen LogP contribution in [0.3, 0.4) is 0 Å². The molecule has 0 saturated heterocycles. The molecule has 0 atom stereocenters. The summed E-state index contributed by atoms with van der Waals surface area (Å²) < 4.78 is 0. The van der Waals surface area contributed by atoms with Crippen molar-refractivity contribution < 1.29 is 5.11 Å². The second-order valence-corrected chi connectivity index (χ2v) is 8.56. The van der Waals surface area contributed by atoms with E-state index in [4.69, 9.17) is 0 Å². The van der Waals surface area contributed by atoms with Gasteiger partial charge in [0.1, 0.15) is 0 Å². The zero-order valence-electron chi connectivity index (χ0n) is 19.6. The molecule has 28 heavy (non-hydrogen) atoms. The van der Waals surface area contributed by atoms with E-state index in [0.717, 1.165) is 13.1 Å². The van der Waals surface area contributed by atoms with Crippen LogP contribution in [0, 0.1) is 0 Å². The lowest BCUT2D eigenvalue weighted by atomic mass is 10.1. The van der Waals surface area contributed by atoms with Gasteiger partial charge in [0, 0.05) is 6.54 Å². The van der Waals surface area contributed by atoms with Crippen molar-refractivity contribution >= 4 is 0 Å². The molecule has 2 heteroatoms. The summed E-state index contributed by atoms with van der Waals surface area (Å²) in [7, 11) is 0. The molecule has 0 bridgehead atoms. The topological polar surface area (TPSA) is 23.5 Å². The predicted molar refractivity (Wildman–Crippen MR) is 127 cm³/mol.